The zero-order valence-electron chi connectivity index (χ0n) is 9.67. The van der Waals surface area contributed by atoms with Crippen LogP contribution in [-0.2, 0) is 13.0 Å². The number of hydrogen-bond acceptors (Lipinski definition) is 2. The Hall–Kier alpha value is -0.340. The standard InChI is InChI=1S/C13H22OS/c1-2-3-4-5-6-7-8-12-9-10-15-13(12)11-14/h9-10,14H,2-8,11H2,1H3. The van der Waals surface area contributed by atoms with Crippen molar-refractivity contribution in [3.05, 3.63) is 21.9 Å². The Labute approximate surface area is 97.2 Å². The van der Waals surface area contributed by atoms with Crippen molar-refractivity contribution >= 4 is 11.3 Å². The summed E-state index contributed by atoms with van der Waals surface area (Å²) < 4.78 is 0. The van der Waals surface area contributed by atoms with Crippen LogP contribution in [-0.4, -0.2) is 5.11 Å². The second-order valence-corrected chi connectivity index (χ2v) is 5.05. The van der Waals surface area contributed by atoms with E-state index in [4.69, 9.17) is 5.11 Å². The van der Waals surface area contributed by atoms with Crippen molar-refractivity contribution in [3.63, 3.8) is 0 Å². The van der Waals surface area contributed by atoms with Crippen molar-refractivity contribution in [2.75, 3.05) is 0 Å². The van der Waals surface area contributed by atoms with Crippen LogP contribution >= 0.6 is 11.3 Å². The molecule has 1 aromatic heterocycles. The highest BCUT2D eigenvalue weighted by atomic mass is 32.1. The molecule has 1 aromatic rings. The summed E-state index contributed by atoms with van der Waals surface area (Å²) in [6, 6.07) is 2.16. The number of thiophene rings is 1. The van der Waals surface area contributed by atoms with Crippen LogP contribution in [0.4, 0.5) is 0 Å². The molecule has 1 heterocycles. The van der Waals surface area contributed by atoms with Gasteiger partial charge in [-0.2, -0.15) is 0 Å². The second kappa shape index (κ2) is 7.89. The molecule has 0 saturated carbocycles. The molecule has 1 rings (SSSR count). The third-order valence-corrected chi connectivity index (χ3v) is 3.73. The van der Waals surface area contributed by atoms with E-state index in [1.54, 1.807) is 11.3 Å². The van der Waals surface area contributed by atoms with Crippen LogP contribution in [0.25, 0.3) is 0 Å². The molecular weight excluding hydrogens is 204 g/mol. The smallest absolute Gasteiger partial charge is 0.0777 e. The SMILES string of the molecule is CCCCCCCCc1ccsc1CO. The lowest BCUT2D eigenvalue weighted by Gasteiger charge is -2.01. The van der Waals surface area contributed by atoms with E-state index in [1.165, 1.54) is 44.1 Å². The van der Waals surface area contributed by atoms with Crippen LogP contribution in [0.1, 0.15) is 55.9 Å². The Morgan fingerprint density at radius 2 is 1.87 bits per heavy atom. The number of aliphatic hydroxyl groups is 1. The molecule has 1 N–H and O–H groups in total. The summed E-state index contributed by atoms with van der Waals surface area (Å²) in [5.41, 5.74) is 1.36. The van der Waals surface area contributed by atoms with Gasteiger partial charge in [-0.25, -0.2) is 0 Å². The van der Waals surface area contributed by atoms with Gasteiger partial charge in [0.15, 0.2) is 0 Å². The van der Waals surface area contributed by atoms with E-state index in [2.05, 4.69) is 18.4 Å². The van der Waals surface area contributed by atoms with Gasteiger partial charge < -0.3 is 5.11 Å². The van der Waals surface area contributed by atoms with E-state index in [1.807, 2.05) is 0 Å². The summed E-state index contributed by atoms with van der Waals surface area (Å²) in [6.07, 6.45) is 9.19. The van der Waals surface area contributed by atoms with Gasteiger partial charge in [-0.15, -0.1) is 11.3 Å². The molecule has 86 valence electrons. The Morgan fingerprint density at radius 1 is 1.13 bits per heavy atom. The highest BCUT2D eigenvalue weighted by Crippen LogP contribution is 2.19. The minimum Gasteiger partial charge on any atom is -0.391 e. The van der Waals surface area contributed by atoms with Gasteiger partial charge in [0, 0.05) is 4.88 Å². The lowest BCUT2D eigenvalue weighted by molar-refractivity contribution is 0.284. The van der Waals surface area contributed by atoms with Gasteiger partial charge in [0.25, 0.3) is 0 Å². The van der Waals surface area contributed by atoms with Crippen molar-refractivity contribution in [1.29, 1.82) is 0 Å². The van der Waals surface area contributed by atoms with Crippen LogP contribution in [0.15, 0.2) is 11.4 Å². The van der Waals surface area contributed by atoms with Crippen LogP contribution in [0.2, 0.25) is 0 Å². The van der Waals surface area contributed by atoms with Crippen LogP contribution in [0.3, 0.4) is 0 Å². The molecule has 0 spiro atoms. The first-order valence-electron chi connectivity index (χ1n) is 6.04. The van der Waals surface area contributed by atoms with Crippen molar-refractivity contribution in [3.8, 4) is 0 Å². The van der Waals surface area contributed by atoms with Gasteiger partial charge in [0.1, 0.15) is 0 Å². The number of aliphatic hydroxyl groups excluding tert-OH is 1. The Morgan fingerprint density at radius 3 is 2.60 bits per heavy atom. The molecule has 2 heteroatoms. The molecule has 0 amide bonds. The van der Waals surface area contributed by atoms with Crippen LogP contribution < -0.4 is 0 Å². The quantitative estimate of drug-likeness (QED) is 0.660. The first-order valence-corrected chi connectivity index (χ1v) is 6.92. The summed E-state index contributed by atoms with van der Waals surface area (Å²) in [6.45, 7) is 2.46. The molecule has 0 aliphatic carbocycles. The maximum Gasteiger partial charge on any atom is 0.0777 e. The molecule has 1 nitrogen and oxygen atoms in total. The number of hydrogen-bond donors (Lipinski definition) is 1. The monoisotopic (exact) mass is 226 g/mol. The largest absolute Gasteiger partial charge is 0.391 e. The third-order valence-electron chi connectivity index (χ3n) is 2.78. The average molecular weight is 226 g/mol. The van der Waals surface area contributed by atoms with Crippen molar-refractivity contribution in [2.45, 2.75) is 58.5 Å². The minimum absolute atomic E-state index is 0.211. The third kappa shape index (κ3) is 4.80. The van der Waals surface area contributed by atoms with Crippen molar-refractivity contribution in [1.82, 2.24) is 0 Å². The Balaban J connectivity index is 2.09. The highest BCUT2D eigenvalue weighted by molar-refractivity contribution is 7.10. The summed E-state index contributed by atoms with van der Waals surface area (Å²) in [5, 5.41) is 11.2. The summed E-state index contributed by atoms with van der Waals surface area (Å²) in [5.74, 6) is 0. The summed E-state index contributed by atoms with van der Waals surface area (Å²) >= 11 is 1.67. The normalized spacial score (nSPS) is 10.8. The average Bonchev–Trinajstić information content (AvgIpc) is 2.70. The summed E-state index contributed by atoms with van der Waals surface area (Å²) in [4.78, 5) is 1.16. The van der Waals surface area contributed by atoms with E-state index in [0.717, 1.165) is 11.3 Å². The fourth-order valence-electron chi connectivity index (χ4n) is 1.82. The van der Waals surface area contributed by atoms with Crippen LogP contribution in [0, 0.1) is 0 Å². The van der Waals surface area contributed by atoms with Gasteiger partial charge in [0.2, 0.25) is 0 Å². The van der Waals surface area contributed by atoms with E-state index < -0.39 is 0 Å². The number of unbranched alkanes of at least 4 members (excludes halogenated alkanes) is 5. The fraction of sp³-hybridized carbons (Fsp3) is 0.692. The van der Waals surface area contributed by atoms with E-state index in [0.29, 0.717) is 0 Å². The molecule has 0 fully saturated rings. The molecule has 0 aliphatic heterocycles. The molecule has 0 aromatic carbocycles. The number of rotatable bonds is 8. The first-order chi connectivity index (χ1) is 7.38. The first kappa shape index (κ1) is 12.7. The zero-order chi connectivity index (χ0) is 10.9. The predicted molar refractivity (Wildman–Crippen MR) is 67.3 cm³/mol. The Kier molecular flexibility index (Phi) is 6.69. The topological polar surface area (TPSA) is 20.2 Å². The lowest BCUT2D eigenvalue weighted by atomic mass is 10.1. The summed E-state index contributed by atoms with van der Waals surface area (Å²) in [7, 11) is 0. The van der Waals surface area contributed by atoms with E-state index in [-0.39, 0.29) is 6.61 Å². The zero-order valence-corrected chi connectivity index (χ0v) is 10.5. The molecule has 15 heavy (non-hydrogen) atoms. The lowest BCUT2D eigenvalue weighted by Crippen LogP contribution is -1.89. The fourth-order valence-corrected chi connectivity index (χ4v) is 2.62. The predicted octanol–water partition coefficient (Wildman–Crippen LogP) is 4.14. The van der Waals surface area contributed by atoms with Crippen molar-refractivity contribution < 1.29 is 5.11 Å². The molecule has 0 saturated heterocycles. The van der Waals surface area contributed by atoms with Gasteiger partial charge in [0.05, 0.1) is 6.61 Å². The van der Waals surface area contributed by atoms with Crippen LogP contribution in [0.5, 0.6) is 0 Å². The van der Waals surface area contributed by atoms with Gasteiger partial charge in [-0.05, 0) is 29.9 Å². The molecule has 0 aliphatic rings. The molecule has 0 atom stereocenters. The molecule has 0 bridgehead atoms. The highest BCUT2D eigenvalue weighted by Gasteiger charge is 2.02. The van der Waals surface area contributed by atoms with Crippen molar-refractivity contribution in [2.24, 2.45) is 0 Å². The maximum absolute atomic E-state index is 9.09. The molecule has 0 radical (unpaired) electrons. The van der Waals surface area contributed by atoms with Gasteiger partial charge >= 0.3 is 0 Å². The minimum atomic E-state index is 0.211. The maximum atomic E-state index is 9.09. The van der Waals surface area contributed by atoms with Gasteiger partial charge in [-0.3, -0.25) is 0 Å². The second-order valence-electron chi connectivity index (χ2n) is 4.04. The van der Waals surface area contributed by atoms with Gasteiger partial charge in [-0.1, -0.05) is 39.0 Å². The van der Waals surface area contributed by atoms with E-state index in [9.17, 15) is 0 Å². The molecule has 0 unspecified atom stereocenters. The Bertz CT molecular complexity index is 255. The van der Waals surface area contributed by atoms with E-state index >= 15 is 0 Å². The number of aryl methyl sites for hydroxylation is 1. The molecular formula is C13H22OS.